The highest BCUT2D eigenvalue weighted by molar-refractivity contribution is 5.94. The van der Waals surface area contributed by atoms with Gasteiger partial charge in [0, 0.05) is 55.9 Å². The average molecular weight is 544 g/mol. The number of nitrogens with zero attached hydrogens (tertiary/aromatic N) is 6. The summed E-state index contributed by atoms with van der Waals surface area (Å²) in [5, 5.41) is 24.7. The standard InChI is InChI=1S/C29H33N7O4/c30-10-8-21-17-35(13-14-36(21)29(37)38)27-24-9-12-34(26-7-3-5-20-4-1-2-6-23(20)26)18-25(24)32-28(33-27)40-19-22-16-31-11-15-39-22/h1-7,21-22,31H,8-9,11-19H2,(H,37,38)/t21-,22+/m0/s1. The van der Waals surface area contributed by atoms with Crippen LogP contribution in [0.15, 0.2) is 42.5 Å². The first-order valence-electron chi connectivity index (χ1n) is 13.8. The fourth-order valence-corrected chi connectivity index (χ4v) is 5.88. The van der Waals surface area contributed by atoms with E-state index in [1.165, 1.54) is 15.7 Å². The number of benzene rings is 2. The number of hydrogen-bond acceptors (Lipinski definition) is 9. The van der Waals surface area contributed by atoms with Crippen molar-refractivity contribution in [2.45, 2.75) is 31.5 Å². The molecule has 0 spiro atoms. The van der Waals surface area contributed by atoms with Gasteiger partial charge >= 0.3 is 12.1 Å². The lowest BCUT2D eigenvalue weighted by Crippen LogP contribution is -2.55. The summed E-state index contributed by atoms with van der Waals surface area (Å²) >= 11 is 0. The number of nitrogens with one attached hydrogen (secondary N) is 1. The molecular formula is C29H33N7O4. The van der Waals surface area contributed by atoms with Crippen molar-refractivity contribution in [3.63, 3.8) is 0 Å². The Labute approximate surface area is 232 Å². The second-order valence-corrected chi connectivity index (χ2v) is 10.4. The minimum atomic E-state index is -1.000. The molecule has 3 aromatic rings. The maximum atomic E-state index is 11.8. The van der Waals surface area contributed by atoms with E-state index in [4.69, 9.17) is 19.4 Å². The molecule has 1 aromatic heterocycles. The first-order chi connectivity index (χ1) is 19.6. The molecule has 2 saturated heterocycles. The number of carbonyl (C=O) groups is 1. The monoisotopic (exact) mass is 543 g/mol. The zero-order chi connectivity index (χ0) is 27.5. The van der Waals surface area contributed by atoms with Gasteiger partial charge in [-0.3, -0.25) is 0 Å². The predicted octanol–water partition coefficient (Wildman–Crippen LogP) is 2.64. The summed E-state index contributed by atoms with van der Waals surface area (Å²) in [6, 6.07) is 16.8. The number of ether oxygens (including phenoxy) is 2. The molecule has 0 radical (unpaired) electrons. The van der Waals surface area contributed by atoms with Crippen LogP contribution in [0.3, 0.4) is 0 Å². The molecule has 3 aliphatic heterocycles. The molecular weight excluding hydrogens is 510 g/mol. The number of carboxylic acid groups (broad SMARTS) is 1. The van der Waals surface area contributed by atoms with Crippen molar-refractivity contribution in [1.29, 1.82) is 5.26 Å². The second-order valence-electron chi connectivity index (χ2n) is 10.4. The maximum Gasteiger partial charge on any atom is 0.407 e. The fraction of sp³-hybridized carbons (Fsp3) is 0.448. The highest BCUT2D eigenvalue weighted by Crippen LogP contribution is 2.34. The number of morpholine rings is 1. The van der Waals surface area contributed by atoms with Crippen LogP contribution in [0.1, 0.15) is 17.7 Å². The summed E-state index contributed by atoms with van der Waals surface area (Å²) in [7, 11) is 0. The van der Waals surface area contributed by atoms with Crippen molar-refractivity contribution >= 4 is 28.4 Å². The zero-order valence-electron chi connectivity index (χ0n) is 22.3. The normalized spacial score (nSPS) is 21.1. The van der Waals surface area contributed by atoms with Gasteiger partial charge in [0.25, 0.3) is 0 Å². The lowest BCUT2D eigenvalue weighted by Gasteiger charge is -2.41. The molecule has 11 nitrogen and oxygen atoms in total. The summed E-state index contributed by atoms with van der Waals surface area (Å²) in [4.78, 5) is 27.3. The van der Waals surface area contributed by atoms with Crippen LogP contribution in [0.4, 0.5) is 16.3 Å². The van der Waals surface area contributed by atoms with Crippen molar-refractivity contribution in [3.05, 3.63) is 53.7 Å². The van der Waals surface area contributed by atoms with E-state index in [0.717, 1.165) is 42.3 Å². The SMILES string of the molecule is N#CC[C@H]1CN(c2nc(OC[C@H]3CNCCO3)nc3c2CCN(c2cccc4ccccc24)C3)CCN1C(=O)O. The molecule has 2 fully saturated rings. The number of aromatic nitrogens is 2. The van der Waals surface area contributed by atoms with Crippen molar-refractivity contribution < 1.29 is 19.4 Å². The van der Waals surface area contributed by atoms with Gasteiger partial charge in [-0.1, -0.05) is 36.4 Å². The molecule has 0 unspecified atom stereocenters. The topological polar surface area (TPSA) is 127 Å². The van der Waals surface area contributed by atoms with Gasteiger partial charge in [-0.05, 0) is 17.9 Å². The van der Waals surface area contributed by atoms with Crippen LogP contribution >= 0.6 is 0 Å². The number of piperazine rings is 1. The molecule has 11 heteroatoms. The molecule has 0 bridgehead atoms. The van der Waals surface area contributed by atoms with Crippen molar-refractivity contribution in [2.24, 2.45) is 0 Å². The Morgan fingerprint density at radius 2 is 2.02 bits per heavy atom. The average Bonchev–Trinajstić information content (AvgIpc) is 2.99. The first-order valence-corrected chi connectivity index (χ1v) is 13.8. The molecule has 3 aliphatic rings. The summed E-state index contributed by atoms with van der Waals surface area (Å²) in [5.74, 6) is 0.772. The van der Waals surface area contributed by atoms with Gasteiger partial charge in [-0.15, -0.1) is 0 Å². The van der Waals surface area contributed by atoms with Crippen molar-refractivity contribution in [1.82, 2.24) is 20.2 Å². The van der Waals surface area contributed by atoms with E-state index in [0.29, 0.717) is 51.9 Å². The lowest BCUT2D eigenvalue weighted by atomic mass is 10.0. The minimum Gasteiger partial charge on any atom is -0.465 e. The van der Waals surface area contributed by atoms with Gasteiger partial charge in [0.05, 0.1) is 37.4 Å². The van der Waals surface area contributed by atoms with Gasteiger partial charge in [0.2, 0.25) is 0 Å². The molecule has 0 saturated carbocycles. The molecule has 2 aromatic carbocycles. The smallest absolute Gasteiger partial charge is 0.407 e. The number of fused-ring (bicyclic) bond motifs is 2. The minimum absolute atomic E-state index is 0.0804. The molecule has 2 atom stereocenters. The number of hydrogen-bond donors (Lipinski definition) is 2. The van der Waals surface area contributed by atoms with Gasteiger partial charge in [0.1, 0.15) is 18.5 Å². The fourth-order valence-electron chi connectivity index (χ4n) is 5.88. The first kappa shape index (κ1) is 26.1. The third-order valence-electron chi connectivity index (χ3n) is 7.89. The molecule has 6 rings (SSSR count). The number of rotatable bonds is 6. The predicted molar refractivity (Wildman–Crippen MR) is 150 cm³/mol. The summed E-state index contributed by atoms with van der Waals surface area (Å²) in [6.45, 7) is 5.10. The highest BCUT2D eigenvalue weighted by atomic mass is 16.5. The van der Waals surface area contributed by atoms with Crippen LogP contribution in [0, 0.1) is 11.3 Å². The van der Waals surface area contributed by atoms with Crippen LogP contribution in [-0.4, -0.2) is 90.7 Å². The van der Waals surface area contributed by atoms with Gasteiger partial charge in [-0.25, -0.2) is 4.79 Å². The number of amides is 1. The van der Waals surface area contributed by atoms with E-state index in [-0.39, 0.29) is 12.5 Å². The molecule has 2 N–H and O–H groups in total. The van der Waals surface area contributed by atoms with Crippen LogP contribution < -0.4 is 19.9 Å². The van der Waals surface area contributed by atoms with Crippen molar-refractivity contribution in [2.75, 3.05) is 62.3 Å². The molecule has 208 valence electrons. The maximum absolute atomic E-state index is 11.8. The Morgan fingerprint density at radius 1 is 1.15 bits per heavy atom. The van der Waals surface area contributed by atoms with Gasteiger partial charge in [0.15, 0.2) is 0 Å². The van der Waals surface area contributed by atoms with Gasteiger partial charge in [-0.2, -0.15) is 15.2 Å². The number of nitriles is 1. The highest BCUT2D eigenvalue weighted by Gasteiger charge is 2.34. The summed E-state index contributed by atoms with van der Waals surface area (Å²) < 4.78 is 11.9. The van der Waals surface area contributed by atoms with Crippen LogP contribution in [0.2, 0.25) is 0 Å². The van der Waals surface area contributed by atoms with E-state index >= 15 is 0 Å². The van der Waals surface area contributed by atoms with Crippen LogP contribution in [-0.2, 0) is 17.7 Å². The van der Waals surface area contributed by atoms with Crippen LogP contribution in [0.25, 0.3) is 10.8 Å². The van der Waals surface area contributed by atoms with E-state index < -0.39 is 12.1 Å². The third-order valence-corrected chi connectivity index (χ3v) is 7.89. The van der Waals surface area contributed by atoms with E-state index in [9.17, 15) is 15.2 Å². The molecule has 40 heavy (non-hydrogen) atoms. The Kier molecular flexibility index (Phi) is 7.53. The Morgan fingerprint density at radius 3 is 2.85 bits per heavy atom. The molecule has 1 amide bonds. The second kappa shape index (κ2) is 11.5. The number of anilines is 2. The zero-order valence-corrected chi connectivity index (χ0v) is 22.3. The largest absolute Gasteiger partial charge is 0.465 e. The third kappa shape index (κ3) is 5.33. The summed E-state index contributed by atoms with van der Waals surface area (Å²) in [6.07, 6.45) is -0.213. The Balaban J connectivity index is 1.32. The summed E-state index contributed by atoms with van der Waals surface area (Å²) in [5.41, 5.74) is 3.12. The van der Waals surface area contributed by atoms with Crippen LogP contribution in [0.5, 0.6) is 6.01 Å². The van der Waals surface area contributed by atoms with Crippen molar-refractivity contribution in [3.8, 4) is 12.1 Å². The Bertz CT molecular complexity index is 1420. The van der Waals surface area contributed by atoms with Gasteiger partial charge < -0.3 is 34.6 Å². The molecule has 0 aliphatic carbocycles. The van der Waals surface area contributed by atoms with E-state index in [1.54, 1.807) is 0 Å². The molecule has 4 heterocycles. The van der Waals surface area contributed by atoms with E-state index in [2.05, 4.69) is 63.7 Å². The lowest BCUT2D eigenvalue weighted by molar-refractivity contribution is -0.00183. The Hall–Kier alpha value is -4.14. The quantitative estimate of drug-likeness (QED) is 0.479. The van der Waals surface area contributed by atoms with E-state index in [1.807, 2.05) is 0 Å².